The van der Waals surface area contributed by atoms with Crippen LogP contribution in [0.15, 0.2) is 0 Å². The monoisotopic (exact) mass is 290 g/mol. The lowest BCUT2D eigenvalue weighted by Crippen LogP contribution is -2.44. The molecule has 0 aromatic heterocycles. The van der Waals surface area contributed by atoms with Crippen molar-refractivity contribution in [3.05, 3.63) is 0 Å². The van der Waals surface area contributed by atoms with Crippen LogP contribution in [0.1, 0.15) is 79.6 Å². The van der Waals surface area contributed by atoms with Gasteiger partial charge in [-0.15, -0.1) is 0 Å². The summed E-state index contributed by atoms with van der Waals surface area (Å²) in [7, 11) is 0. The van der Waals surface area contributed by atoms with Gasteiger partial charge in [0.2, 0.25) is 0 Å². The molecule has 120 valence electrons. The summed E-state index contributed by atoms with van der Waals surface area (Å²) in [5.41, 5.74) is 1.19. The molecule has 0 amide bonds. The zero-order chi connectivity index (χ0) is 15.0. The molecule has 5 atom stereocenters. The minimum atomic E-state index is 0.281. The van der Waals surface area contributed by atoms with Crippen molar-refractivity contribution in [3.63, 3.8) is 0 Å². The topological polar surface area (TPSA) is 9.23 Å². The van der Waals surface area contributed by atoms with Crippen LogP contribution in [0.2, 0.25) is 0 Å². The number of hydrogen-bond acceptors (Lipinski definition) is 1. The molecule has 1 heteroatoms. The van der Waals surface area contributed by atoms with Crippen molar-refractivity contribution in [2.24, 2.45) is 34.5 Å². The fourth-order valence-electron chi connectivity index (χ4n) is 6.97. The molecule has 21 heavy (non-hydrogen) atoms. The second kappa shape index (κ2) is 4.28. The van der Waals surface area contributed by atoms with Crippen LogP contribution in [0.3, 0.4) is 0 Å². The van der Waals surface area contributed by atoms with Gasteiger partial charge in [0.05, 0.1) is 11.7 Å². The van der Waals surface area contributed by atoms with Crippen LogP contribution in [0.4, 0.5) is 0 Å². The Hall–Kier alpha value is -0.0400. The maximum Gasteiger partial charge on any atom is 0.0755 e. The van der Waals surface area contributed by atoms with E-state index in [0.717, 1.165) is 23.7 Å². The van der Waals surface area contributed by atoms with Crippen LogP contribution in [0.25, 0.3) is 0 Å². The minimum Gasteiger partial charge on any atom is -0.371 e. The summed E-state index contributed by atoms with van der Waals surface area (Å²) in [4.78, 5) is 0. The summed E-state index contributed by atoms with van der Waals surface area (Å²) in [6.07, 6.45) is 10.3. The van der Waals surface area contributed by atoms with Crippen molar-refractivity contribution in [3.8, 4) is 0 Å². The molecule has 4 saturated carbocycles. The van der Waals surface area contributed by atoms with Crippen molar-refractivity contribution in [2.75, 3.05) is 0 Å². The second-order valence-electron chi connectivity index (χ2n) is 9.91. The predicted molar refractivity (Wildman–Crippen MR) is 87.1 cm³/mol. The van der Waals surface area contributed by atoms with E-state index < -0.39 is 0 Å². The maximum atomic E-state index is 6.91. The van der Waals surface area contributed by atoms with Gasteiger partial charge >= 0.3 is 0 Å². The zero-order valence-electron chi connectivity index (χ0n) is 14.7. The van der Waals surface area contributed by atoms with Crippen LogP contribution in [0.5, 0.6) is 0 Å². The third-order valence-electron chi connectivity index (χ3n) is 8.53. The van der Waals surface area contributed by atoms with E-state index in [1.54, 1.807) is 0 Å². The molecule has 0 heterocycles. The summed E-state index contributed by atoms with van der Waals surface area (Å²) >= 11 is 0. The van der Waals surface area contributed by atoms with Gasteiger partial charge in [0.25, 0.3) is 0 Å². The maximum absolute atomic E-state index is 6.91. The molecule has 0 aromatic rings. The SMILES string of the molecule is CC1C(C)(C)C2CCC3CC3(OC3CCCC3)C2C1(C)C. The second-order valence-corrected chi connectivity index (χ2v) is 9.91. The normalized spacial score (nSPS) is 50.7. The highest BCUT2D eigenvalue weighted by molar-refractivity contribution is 5.23. The highest BCUT2D eigenvalue weighted by Crippen LogP contribution is 2.74. The molecule has 0 spiro atoms. The van der Waals surface area contributed by atoms with Crippen LogP contribution >= 0.6 is 0 Å². The molecule has 1 nitrogen and oxygen atoms in total. The fourth-order valence-corrected chi connectivity index (χ4v) is 6.97. The Bertz CT molecular complexity index is 431. The van der Waals surface area contributed by atoms with Crippen LogP contribution in [-0.2, 0) is 4.74 Å². The van der Waals surface area contributed by atoms with E-state index in [4.69, 9.17) is 4.74 Å². The Morgan fingerprint density at radius 3 is 2.19 bits per heavy atom. The van der Waals surface area contributed by atoms with Gasteiger partial charge in [-0.3, -0.25) is 0 Å². The van der Waals surface area contributed by atoms with Gasteiger partial charge in [-0.2, -0.15) is 0 Å². The number of fused-ring (bicyclic) bond motifs is 3. The van der Waals surface area contributed by atoms with Crippen molar-refractivity contribution >= 4 is 0 Å². The molecular formula is C20H34O. The molecule has 5 unspecified atom stereocenters. The quantitative estimate of drug-likeness (QED) is 0.658. The third kappa shape index (κ3) is 1.79. The van der Waals surface area contributed by atoms with Crippen molar-refractivity contribution < 1.29 is 4.74 Å². The van der Waals surface area contributed by atoms with Crippen molar-refractivity contribution in [1.29, 1.82) is 0 Å². The Kier molecular flexibility index (Phi) is 2.96. The first-order valence-corrected chi connectivity index (χ1v) is 9.48. The molecule has 0 aromatic carbocycles. The minimum absolute atomic E-state index is 0.281. The molecule has 4 aliphatic carbocycles. The summed E-state index contributed by atoms with van der Waals surface area (Å²) in [5, 5.41) is 0. The summed E-state index contributed by atoms with van der Waals surface area (Å²) in [6, 6.07) is 0. The van der Waals surface area contributed by atoms with Gasteiger partial charge in [0, 0.05) is 0 Å². The van der Waals surface area contributed by atoms with Crippen molar-refractivity contribution in [2.45, 2.75) is 91.3 Å². The molecule has 4 rings (SSSR count). The molecule has 4 aliphatic rings. The average Bonchev–Trinajstić information content (AvgIpc) is 2.85. The fraction of sp³-hybridized carbons (Fsp3) is 1.00. The van der Waals surface area contributed by atoms with Gasteiger partial charge in [-0.1, -0.05) is 47.5 Å². The molecule has 0 radical (unpaired) electrons. The van der Waals surface area contributed by atoms with E-state index in [1.807, 2.05) is 0 Å². The lowest BCUT2D eigenvalue weighted by atomic mass is 9.67. The highest BCUT2D eigenvalue weighted by Gasteiger charge is 2.74. The van der Waals surface area contributed by atoms with Crippen molar-refractivity contribution in [1.82, 2.24) is 0 Å². The number of hydrogen-bond donors (Lipinski definition) is 0. The van der Waals surface area contributed by atoms with Gasteiger partial charge < -0.3 is 4.74 Å². The summed E-state index contributed by atoms with van der Waals surface area (Å²) < 4.78 is 6.91. The number of rotatable bonds is 2. The van der Waals surface area contributed by atoms with E-state index >= 15 is 0 Å². The van der Waals surface area contributed by atoms with E-state index in [0.29, 0.717) is 16.9 Å². The van der Waals surface area contributed by atoms with E-state index in [1.165, 1.54) is 44.9 Å². The standard InChI is InChI=1S/C20H34O/c1-13-18(2,3)16-11-10-14-12-20(14,17(16)19(13,4)5)21-15-8-6-7-9-15/h13-17H,6-12H2,1-5H3. The van der Waals surface area contributed by atoms with Gasteiger partial charge in [-0.05, 0) is 66.6 Å². The highest BCUT2D eigenvalue weighted by atomic mass is 16.5. The molecule has 0 saturated heterocycles. The Morgan fingerprint density at radius 1 is 0.857 bits per heavy atom. The Labute approximate surface area is 131 Å². The first kappa shape index (κ1) is 14.5. The van der Waals surface area contributed by atoms with Gasteiger partial charge in [-0.25, -0.2) is 0 Å². The van der Waals surface area contributed by atoms with Crippen LogP contribution in [0, 0.1) is 34.5 Å². The molecule has 0 aliphatic heterocycles. The van der Waals surface area contributed by atoms with Gasteiger partial charge in [0.1, 0.15) is 0 Å². The lowest BCUT2D eigenvalue weighted by molar-refractivity contribution is -0.119. The predicted octanol–water partition coefficient (Wildman–Crippen LogP) is 5.43. The molecule has 0 N–H and O–H groups in total. The first-order valence-electron chi connectivity index (χ1n) is 9.48. The first-order chi connectivity index (χ1) is 9.80. The van der Waals surface area contributed by atoms with Gasteiger partial charge in [0.15, 0.2) is 0 Å². The average molecular weight is 290 g/mol. The van der Waals surface area contributed by atoms with Crippen LogP contribution < -0.4 is 0 Å². The lowest BCUT2D eigenvalue weighted by Gasteiger charge is -2.44. The summed E-state index contributed by atoms with van der Waals surface area (Å²) in [6.45, 7) is 12.7. The molecule has 4 fully saturated rings. The zero-order valence-corrected chi connectivity index (χ0v) is 14.7. The number of ether oxygens (including phenoxy) is 1. The largest absolute Gasteiger partial charge is 0.371 e. The summed E-state index contributed by atoms with van der Waals surface area (Å²) in [5.74, 6) is 3.36. The third-order valence-corrected chi connectivity index (χ3v) is 8.53. The smallest absolute Gasteiger partial charge is 0.0755 e. The van der Waals surface area contributed by atoms with E-state index in [9.17, 15) is 0 Å². The Morgan fingerprint density at radius 2 is 1.52 bits per heavy atom. The van der Waals surface area contributed by atoms with E-state index in [-0.39, 0.29) is 5.60 Å². The molecule has 0 bridgehead atoms. The van der Waals surface area contributed by atoms with E-state index in [2.05, 4.69) is 34.6 Å². The van der Waals surface area contributed by atoms with Crippen LogP contribution in [-0.4, -0.2) is 11.7 Å². The Balaban J connectivity index is 1.67. The molecular weight excluding hydrogens is 256 g/mol.